The summed E-state index contributed by atoms with van der Waals surface area (Å²) in [6, 6.07) is 6.93. The summed E-state index contributed by atoms with van der Waals surface area (Å²) >= 11 is 0. The molecule has 0 atom stereocenters. The number of aromatic nitrogens is 2. The maximum atomic E-state index is 13.1. The summed E-state index contributed by atoms with van der Waals surface area (Å²) in [5.41, 5.74) is 0.993. The minimum absolute atomic E-state index is 0.0634. The van der Waals surface area contributed by atoms with Crippen molar-refractivity contribution in [1.29, 1.82) is 0 Å². The molecule has 2 heterocycles. The van der Waals surface area contributed by atoms with Gasteiger partial charge in [-0.2, -0.15) is 13.7 Å². The Bertz CT molecular complexity index is 1070. The summed E-state index contributed by atoms with van der Waals surface area (Å²) < 4.78 is 55.9. The first-order chi connectivity index (χ1) is 13.4. The minimum Gasteiger partial charge on any atom is -0.274 e. The third-order valence-electron chi connectivity index (χ3n) is 5.09. The highest BCUT2D eigenvalue weighted by atomic mass is 32.2. The molecule has 0 amide bonds. The van der Waals surface area contributed by atoms with Crippen LogP contribution >= 0.6 is 0 Å². The zero-order valence-corrected chi connectivity index (χ0v) is 18.9. The number of rotatable bonds is 4. The highest BCUT2D eigenvalue weighted by Crippen LogP contribution is 2.25. The molecule has 0 unspecified atom stereocenters. The Kier molecular flexibility index (Phi) is 5.92. The second kappa shape index (κ2) is 7.82. The lowest BCUT2D eigenvalue weighted by molar-refractivity contribution is 0.404. The number of hydrogen-bond donors (Lipinski definition) is 0. The van der Waals surface area contributed by atoms with Crippen molar-refractivity contribution in [2.75, 3.05) is 26.2 Å². The van der Waals surface area contributed by atoms with Crippen molar-refractivity contribution < 1.29 is 16.8 Å². The van der Waals surface area contributed by atoms with Crippen LogP contribution in [0.3, 0.4) is 0 Å². The molecule has 1 aliphatic heterocycles. The van der Waals surface area contributed by atoms with Crippen molar-refractivity contribution in [3.8, 4) is 0 Å². The topological polar surface area (TPSA) is 92.6 Å². The van der Waals surface area contributed by atoms with Crippen LogP contribution in [0.4, 0.5) is 0 Å². The molecule has 0 spiro atoms. The molecule has 160 valence electrons. The van der Waals surface area contributed by atoms with Crippen LogP contribution in [0, 0.1) is 0 Å². The fourth-order valence-corrected chi connectivity index (χ4v) is 6.23. The van der Waals surface area contributed by atoms with Gasteiger partial charge < -0.3 is 0 Å². The van der Waals surface area contributed by atoms with Crippen LogP contribution in [0.2, 0.25) is 0 Å². The molecule has 8 nitrogen and oxygen atoms in total. The smallest absolute Gasteiger partial charge is 0.246 e. The monoisotopic (exact) mass is 440 g/mol. The van der Waals surface area contributed by atoms with Gasteiger partial charge in [-0.15, -0.1) is 0 Å². The fraction of sp³-hybridized carbons (Fsp3) is 0.526. The molecule has 29 heavy (non-hydrogen) atoms. The summed E-state index contributed by atoms with van der Waals surface area (Å²) in [5, 5.41) is 3.92. The zero-order chi connectivity index (χ0) is 21.4. The van der Waals surface area contributed by atoms with E-state index in [-0.39, 0.29) is 41.4 Å². The Hall–Kier alpha value is -1.75. The zero-order valence-electron chi connectivity index (χ0n) is 17.2. The summed E-state index contributed by atoms with van der Waals surface area (Å²) in [6.07, 6.45) is 3.19. The van der Waals surface area contributed by atoms with Crippen molar-refractivity contribution in [1.82, 2.24) is 18.4 Å². The lowest BCUT2D eigenvalue weighted by atomic mass is 9.87. The summed E-state index contributed by atoms with van der Waals surface area (Å²) in [7, 11) is -5.72. The van der Waals surface area contributed by atoms with E-state index in [4.69, 9.17) is 0 Å². The van der Waals surface area contributed by atoms with Crippen LogP contribution in [-0.2, 0) is 32.5 Å². The van der Waals surface area contributed by atoms with E-state index in [0.717, 1.165) is 5.56 Å². The Morgan fingerprint density at radius 2 is 1.34 bits per heavy atom. The lowest BCUT2D eigenvalue weighted by Gasteiger charge is -2.22. The van der Waals surface area contributed by atoms with E-state index < -0.39 is 20.0 Å². The highest BCUT2D eigenvalue weighted by molar-refractivity contribution is 7.89. The molecule has 0 saturated carbocycles. The number of sulfonamides is 2. The van der Waals surface area contributed by atoms with Crippen LogP contribution in [-0.4, -0.2) is 61.4 Å². The summed E-state index contributed by atoms with van der Waals surface area (Å²) in [6.45, 7) is 6.99. The maximum absolute atomic E-state index is 13.1. The molecule has 3 rings (SSSR count). The molecule has 0 bridgehead atoms. The molecule has 0 radical (unpaired) electrons. The molecule has 10 heteroatoms. The molecule has 1 fully saturated rings. The third kappa shape index (κ3) is 4.55. The van der Waals surface area contributed by atoms with Gasteiger partial charge in [0.25, 0.3) is 0 Å². The van der Waals surface area contributed by atoms with Crippen molar-refractivity contribution in [2.45, 2.75) is 42.4 Å². The van der Waals surface area contributed by atoms with Crippen LogP contribution in [0.25, 0.3) is 0 Å². The van der Waals surface area contributed by atoms with Crippen molar-refractivity contribution in [3.63, 3.8) is 0 Å². The fourth-order valence-electron chi connectivity index (χ4n) is 3.31. The summed E-state index contributed by atoms with van der Waals surface area (Å²) in [4.78, 5) is 0.350. The van der Waals surface area contributed by atoms with Gasteiger partial charge in [0, 0.05) is 39.4 Å². The molecule has 0 N–H and O–H groups in total. The predicted octanol–water partition coefficient (Wildman–Crippen LogP) is 1.80. The number of hydrogen-bond acceptors (Lipinski definition) is 5. The molecule has 1 aliphatic rings. The van der Waals surface area contributed by atoms with Crippen molar-refractivity contribution in [2.24, 2.45) is 7.05 Å². The summed E-state index contributed by atoms with van der Waals surface area (Å²) in [5.74, 6) is 0. The largest absolute Gasteiger partial charge is 0.274 e. The first kappa shape index (κ1) is 21.9. The maximum Gasteiger partial charge on any atom is 0.246 e. The first-order valence-corrected chi connectivity index (χ1v) is 12.4. The predicted molar refractivity (Wildman–Crippen MR) is 110 cm³/mol. The SMILES string of the molecule is Cn1cc(S(=O)(=O)N2CCCN(S(=O)(=O)c3ccc(C(C)(C)C)cc3)CC2)cn1. The quantitative estimate of drug-likeness (QED) is 0.723. The number of aryl methyl sites for hydroxylation is 1. The van der Waals surface area contributed by atoms with Gasteiger partial charge in [-0.25, -0.2) is 16.8 Å². The number of nitrogens with zero attached hydrogens (tertiary/aromatic N) is 4. The van der Waals surface area contributed by atoms with Crippen molar-refractivity contribution in [3.05, 3.63) is 42.2 Å². The van der Waals surface area contributed by atoms with E-state index in [9.17, 15) is 16.8 Å². The number of benzene rings is 1. The van der Waals surface area contributed by atoms with Gasteiger partial charge in [-0.05, 0) is 29.5 Å². The molecule has 1 aromatic heterocycles. The van der Waals surface area contributed by atoms with Gasteiger partial charge in [0.2, 0.25) is 20.0 Å². The lowest BCUT2D eigenvalue weighted by Crippen LogP contribution is -2.37. The molecule has 1 aromatic carbocycles. The van der Waals surface area contributed by atoms with E-state index in [1.165, 1.54) is 25.7 Å². The Balaban J connectivity index is 1.78. The second-order valence-corrected chi connectivity index (χ2v) is 12.2. The van der Waals surface area contributed by atoms with Gasteiger partial charge >= 0.3 is 0 Å². The van der Waals surface area contributed by atoms with Gasteiger partial charge in [0.15, 0.2) is 0 Å². The normalized spacial score (nSPS) is 17.9. The van der Waals surface area contributed by atoms with Gasteiger partial charge in [0.1, 0.15) is 4.90 Å². The van der Waals surface area contributed by atoms with Gasteiger partial charge in [-0.1, -0.05) is 32.9 Å². The van der Waals surface area contributed by atoms with Crippen molar-refractivity contribution >= 4 is 20.0 Å². The van der Waals surface area contributed by atoms with Crippen LogP contribution < -0.4 is 0 Å². The average Bonchev–Trinajstić information content (AvgIpc) is 2.93. The standard InChI is InChI=1S/C19H28N4O4S2/c1-19(2,3)16-6-8-17(9-7-16)28(24,25)22-10-5-11-23(13-12-22)29(26,27)18-14-20-21(4)15-18/h6-9,14-15H,5,10-13H2,1-4H3. The Labute approximate surface area is 173 Å². The van der Waals surface area contributed by atoms with Gasteiger partial charge in [-0.3, -0.25) is 4.68 Å². The van der Waals surface area contributed by atoms with E-state index in [2.05, 4.69) is 25.9 Å². The minimum atomic E-state index is -3.69. The molecule has 2 aromatic rings. The molecular formula is C19H28N4O4S2. The Morgan fingerprint density at radius 1 is 0.828 bits per heavy atom. The van der Waals surface area contributed by atoms with E-state index in [1.54, 1.807) is 19.2 Å². The van der Waals surface area contributed by atoms with Crippen LogP contribution in [0.15, 0.2) is 46.5 Å². The highest BCUT2D eigenvalue weighted by Gasteiger charge is 2.32. The molecule has 0 aliphatic carbocycles. The van der Waals surface area contributed by atoms with Crippen LogP contribution in [0.5, 0.6) is 0 Å². The van der Waals surface area contributed by atoms with Crippen LogP contribution in [0.1, 0.15) is 32.8 Å². The molecule has 1 saturated heterocycles. The van der Waals surface area contributed by atoms with E-state index >= 15 is 0 Å². The first-order valence-electron chi connectivity index (χ1n) is 9.52. The average molecular weight is 441 g/mol. The Morgan fingerprint density at radius 3 is 1.79 bits per heavy atom. The second-order valence-electron chi connectivity index (χ2n) is 8.29. The van der Waals surface area contributed by atoms with E-state index in [0.29, 0.717) is 6.42 Å². The van der Waals surface area contributed by atoms with Gasteiger partial charge in [0.05, 0.1) is 11.1 Å². The van der Waals surface area contributed by atoms with E-state index in [1.807, 2.05) is 12.1 Å². The third-order valence-corrected chi connectivity index (χ3v) is 8.86. The molecular weight excluding hydrogens is 412 g/mol.